The number of halogens is 3. The molecule has 1 heterocycles. The maximum atomic E-state index is 12.5. The average molecular weight is 435 g/mol. The number of benzene rings is 1. The SMILES string of the molecule is CN=C(NCCCS(=O)(=O)c1ccccc1)NCCc1nc(C(F)(F)F)cs1. The Kier molecular flexibility index (Phi) is 7.81. The number of nitrogens with zero attached hydrogens (tertiary/aromatic N) is 2. The molecule has 0 amide bonds. The summed E-state index contributed by atoms with van der Waals surface area (Å²) in [4.78, 5) is 7.86. The Morgan fingerprint density at radius 1 is 1.18 bits per heavy atom. The van der Waals surface area contributed by atoms with Crippen molar-refractivity contribution in [3.05, 3.63) is 46.4 Å². The predicted molar refractivity (Wildman–Crippen MR) is 103 cm³/mol. The largest absolute Gasteiger partial charge is 0.434 e. The topological polar surface area (TPSA) is 83.5 Å². The molecule has 0 fully saturated rings. The van der Waals surface area contributed by atoms with Gasteiger partial charge in [0.15, 0.2) is 21.5 Å². The van der Waals surface area contributed by atoms with Crippen LogP contribution in [-0.4, -0.2) is 45.3 Å². The number of guanidine groups is 1. The van der Waals surface area contributed by atoms with Gasteiger partial charge < -0.3 is 10.6 Å². The zero-order chi connectivity index (χ0) is 20.6. The fourth-order valence-electron chi connectivity index (χ4n) is 2.28. The van der Waals surface area contributed by atoms with E-state index in [-0.39, 0.29) is 5.75 Å². The monoisotopic (exact) mass is 434 g/mol. The first kappa shape index (κ1) is 22.2. The van der Waals surface area contributed by atoms with Gasteiger partial charge in [-0.3, -0.25) is 4.99 Å². The first-order valence-electron chi connectivity index (χ1n) is 8.46. The lowest BCUT2D eigenvalue weighted by atomic mass is 10.4. The standard InChI is InChI=1S/C17H21F3N4O2S2/c1-21-16(23-10-8-15-24-14(12-27-15)17(18,19)20)22-9-5-11-28(25,26)13-6-3-2-4-7-13/h2-4,6-7,12H,5,8-11H2,1H3,(H2,21,22,23). The van der Waals surface area contributed by atoms with Gasteiger partial charge >= 0.3 is 6.18 Å². The van der Waals surface area contributed by atoms with Crippen molar-refractivity contribution in [1.29, 1.82) is 0 Å². The Morgan fingerprint density at radius 3 is 2.46 bits per heavy atom. The van der Waals surface area contributed by atoms with Gasteiger partial charge in [-0.25, -0.2) is 13.4 Å². The summed E-state index contributed by atoms with van der Waals surface area (Å²) in [7, 11) is -1.77. The van der Waals surface area contributed by atoms with Gasteiger partial charge in [-0.15, -0.1) is 11.3 Å². The van der Waals surface area contributed by atoms with Crippen LogP contribution in [0.25, 0.3) is 0 Å². The molecule has 0 aliphatic rings. The molecule has 2 aromatic rings. The molecule has 2 rings (SSSR count). The molecule has 6 nitrogen and oxygen atoms in total. The third-order valence-corrected chi connectivity index (χ3v) is 6.41. The first-order chi connectivity index (χ1) is 13.2. The molecule has 0 bridgehead atoms. The van der Waals surface area contributed by atoms with Crippen LogP contribution in [0.15, 0.2) is 45.6 Å². The number of hydrogen-bond acceptors (Lipinski definition) is 5. The van der Waals surface area contributed by atoms with E-state index in [0.717, 1.165) is 16.7 Å². The molecule has 0 atom stereocenters. The first-order valence-corrected chi connectivity index (χ1v) is 11.0. The maximum Gasteiger partial charge on any atom is 0.434 e. The Balaban J connectivity index is 1.71. The van der Waals surface area contributed by atoms with Crippen molar-refractivity contribution in [3.63, 3.8) is 0 Å². The summed E-state index contributed by atoms with van der Waals surface area (Å²) in [6.45, 7) is 0.744. The second-order valence-electron chi connectivity index (χ2n) is 5.79. The molecule has 2 N–H and O–H groups in total. The number of sulfone groups is 1. The van der Waals surface area contributed by atoms with Gasteiger partial charge in [-0.1, -0.05) is 18.2 Å². The Labute approximate surface area is 165 Å². The molecule has 0 spiro atoms. The van der Waals surface area contributed by atoms with Crippen LogP contribution >= 0.6 is 11.3 Å². The van der Waals surface area contributed by atoms with Crippen molar-refractivity contribution in [2.24, 2.45) is 4.99 Å². The minimum absolute atomic E-state index is 0.000339. The second-order valence-corrected chi connectivity index (χ2v) is 8.84. The molecule has 1 aromatic carbocycles. The van der Waals surface area contributed by atoms with Gasteiger partial charge in [0.05, 0.1) is 15.7 Å². The molecule has 0 aliphatic carbocycles. The van der Waals surface area contributed by atoms with Crippen molar-refractivity contribution in [1.82, 2.24) is 15.6 Å². The maximum absolute atomic E-state index is 12.5. The molecular weight excluding hydrogens is 413 g/mol. The summed E-state index contributed by atoms with van der Waals surface area (Å²) in [6, 6.07) is 8.23. The van der Waals surface area contributed by atoms with Crippen LogP contribution in [0.2, 0.25) is 0 Å². The molecule has 0 radical (unpaired) electrons. The van der Waals surface area contributed by atoms with Gasteiger partial charge in [-0.2, -0.15) is 13.2 Å². The van der Waals surface area contributed by atoms with Crippen LogP contribution in [0.5, 0.6) is 0 Å². The Bertz CT molecular complexity index is 881. The molecule has 11 heteroatoms. The number of hydrogen-bond donors (Lipinski definition) is 2. The number of aliphatic imine (C=N–C) groups is 1. The summed E-state index contributed by atoms with van der Waals surface area (Å²) < 4.78 is 62.0. The predicted octanol–water partition coefficient (Wildman–Crippen LogP) is 2.73. The highest BCUT2D eigenvalue weighted by atomic mass is 32.2. The minimum atomic E-state index is -4.43. The molecule has 28 heavy (non-hydrogen) atoms. The zero-order valence-electron chi connectivity index (χ0n) is 15.2. The highest BCUT2D eigenvalue weighted by Gasteiger charge is 2.33. The number of rotatable bonds is 8. The third kappa shape index (κ3) is 6.79. The van der Waals surface area contributed by atoms with Crippen LogP contribution in [0.3, 0.4) is 0 Å². The number of nitrogens with one attached hydrogen (secondary N) is 2. The fraction of sp³-hybridized carbons (Fsp3) is 0.412. The Hall–Kier alpha value is -2.14. The fourth-order valence-corrected chi connectivity index (χ4v) is 4.42. The van der Waals surface area contributed by atoms with Crippen LogP contribution in [0, 0.1) is 0 Å². The highest BCUT2D eigenvalue weighted by Crippen LogP contribution is 2.29. The van der Waals surface area contributed by atoms with Crippen LogP contribution in [-0.2, 0) is 22.4 Å². The second kappa shape index (κ2) is 9.87. The summed E-state index contributed by atoms with van der Waals surface area (Å²) in [6.07, 6.45) is -3.72. The van der Waals surface area contributed by atoms with Gasteiger partial charge in [-0.05, 0) is 18.6 Å². The van der Waals surface area contributed by atoms with Crippen LogP contribution in [0.1, 0.15) is 17.1 Å². The van der Waals surface area contributed by atoms with E-state index in [9.17, 15) is 21.6 Å². The van der Waals surface area contributed by atoms with Crippen molar-refractivity contribution in [2.45, 2.75) is 23.9 Å². The van der Waals surface area contributed by atoms with E-state index in [1.165, 1.54) is 0 Å². The van der Waals surface area contributed by atoms with E-state index in [1.807, 2.05) is 0 Å². The van der Waals surface area contributed by atoms with Gasteiger partial charge in [0.2, 0.25) is 0 Å². The average Bonchev–Trinajstić information content (AvgIpc) is 3.14. The van der Waals surface area contributed by atoms with Crippen molar-refractivity contribution in [3.8, 4) is 0 Å². The lowest BCUT2D eigenvalue weighted by molar-refractivity contribution is -0.140. The number of aromatic nitrogens is 1. The van der Waals surface area contributed by atoms with Crippen molar-refractivity contribution < 1.29 is 21.6 Å². The van der Waals surface area contributed by atoms with Gasteiger partial charge in [0.25, 0.3) is 0 Å². The molecular formula is C17H21F3N4O2S2. The summed E-state index contributed by atoms with van der Waals surface area (Å²) in [5.74, 6) is 0.449. The smallest absolute Gasteiger partial charge is 0.356 e. The molecule has 1 aromatic heterocycles. The van der Waals surface area contributed by atoms with E-state index in [1.54, 1.807) is 37.4 Å². The van der Waals surface area contributed by atoms with Crippen LogP contribution in [0.4, 0.5) is 13.2 Å². The lowest BCUT2D eigenvalue weighted by Crippen LogP contribution is -2.39. The van der Waals surface area contributed by atoms with E-state index in [2.05, 4.69) is 20.6 Å². The third-order valence-electron chi connectivity index (χ3n) is 3.68. The summed E-state index contributed by atoms with van der Waals surface area (Å²) >= 11 is 0.960. The molecule has 154 valence electrons. The van der Waals surface area contributed by atoms with E-state index in [0.29, 0.717) is 41.8 Å². The summed E-state index contributed by atoms with van der Waals surface area (Å²) in [5.41, 5.74) is -0.880. The summed E-state index contributed by atoms with van der Waals surface area (Å²) in [5, 5.41) is 7.33. The number of thiazole rings is 1. The zero-order valence-corrected chi connectivity index (χ0v) is 16.8. The molecule has 0 saturated carbocycles. The van der Waals surface area contributed by atoms with E-state index < -0.39 is 21.7 Å². The normalized spacial score (nSPS) is 12.8. The van der Waals surface area contributed by atoms with Crippen molar-refractivity contribution in [2.75, 3.05) is 25.9 Å². The Morgan fingerprint density at radius 2 is 1.86 bits per heavy atom. The molecule has 0 unspecified atom stereocenters. The van der Waals surface area contributed by atoms with Gasteiger partial charge in [0, 0.05) is 31.9 Å². The lowest BCUT2D eigenvalue weighted by Gasteiger charge is -2.11. The van der Waals surface area contributed by atoms with Crippen molar-refractivity contribution >= 4 is 27.1 Å². The quantitative estimate of drug-likeness (QED) is 0.379. The number of alkyl halides is 3. The minimum Gasteiger partial charge on any atom is -0.356 e. The molecule has 0 aliphatic heterocycles. The van der Waals surface area contributed by atoms with E-state index in [4.69, 9.17) is 0 Å². The molecule has 0 saturated heterocycles. The van der Waals surface area contributed by atoms with E-state index >= 15 is 0 Å². The van der Waals surface area contributed by atoms with Gasteiger partial charge in [0.1, 0.15) is 0 Å². The highest BCUT2D eigenvalue weighted by molar-refractivity contribution is 7.91. The van der Waals surface area contributed by atoms with Crippen LogP contribution < -0.4 is 10.6 Å².